The molecule has 1 rings (SSSR count). The van der Waals surface area contributed by atoms with E-state index in [1.165, 1.54) is 0 Å². The summed E-state index contributed by atoms with van der Waals surface area (Å²) in [5.41, 5.74) is 1.13. The van der Waals surface area contributed by atoms with Crippen molar-refractivity contribution in [3.63, 3.8) is 0 Å². The third-order valence-electron chi connectivity index (χ3n) is 2.15. The quantitative estimate of drug-likeness (QED) is 0.443. The first-order valence-electron chi connectivity index (χ1n) is 4.44. The summed E-state index contributed by atoms with van der Waals surface area (Å²) >= 11 is 0. The Morgan fingerprint density at radius 1 is 1.58 bits per heavy atom. The van der Waals surface area contributed by atoms with Gasteiger partial charge < -0.3 is 4.74 Å². The van der Waals surface area contributed by atoms with Crippen molar-refractivity contribution >= 4 is 5.97 Å². The highest BCUT2D eigenvalue weighted by Gasteiger charge is 2.20. The van der Waals surface area contributed by atoms with E-state index in [1.54, 1.807) is 0 Å². The largest absolute Gasteiger partial charge is 0.462 e. The van der Waals surface area contributed by atoms with Gasteiger partial charge in [0.25, 0.3) is 0 Å². The average molecular weight is 168 g/mol. The molecule has 0 amide bonds. The van der Waals surface area contributed by atoms with Gasteiger partial charge in [0.1, 0.15) is 6.10 Å². The predicted molar refractivity (Wildman–Crippen MR) is 47.7 cm³/mol. The molecule has 0 aliphatic carbocycles. The van der Waals surface area contributed by atoms with Crippen LogP contribution in [0.5, 0.6) is 0 Å². The lowest BCUT2D eigenvalue weighted by molar-refractivity contribution is -0.149. The number of carbonyl (C=O) groups excluding carboxylic acids is 1. The van der Waals surface area contributed by atoms with Crippen molar-refractivity contribution in [1.29, 1.82) is 0 Å². The highest BCUT2D eigenvalue weighted by Crippen LogP contribution is 2.18. The Bertz CT molecular complexity index is 204. The number of hydrogen-bond acceptors (Lipinski definition) is 2. The zero-order valence-corrected chi connectivity index (χ0v) is 7.96. The van der Waals surface area contributed by atoms with Gasteiger partial charge in [-0.25, -0.2) is 0 Å². The molecule has 0 saturated heterocycles. The third-order valence-corrected chi connectivity index (χ3v) is 2.15. The molecule has 0 radical (unpaired) electrons. The van der Waals surface area contributed by atoms with E-state index < -0.39 is 0 Å². The van der Waals surface area contributed by atoms with Crippen molar-refractivity contribution in [2.45, 2.75) is 39.7 Å². The Morgan fingerprint density at radius 3 is 2.83 bits per heavy atom. The standard InChI is InChI=1S/C10H16O2/c1-7(2)9-5-4-8(3)6-10(11)12-9/h4,7,9H,5-6H2,1-3H3. The van der Waals surface area contributed by atoms with E-state index in [4.69, 9.17) is 4.74 Å². The molecule has 1 heterocycles. The van der Waals surface area contributed by atoms with Crippen LogP contribution in [0.4, 0.5) is 0 Å². The average Bonchev–Trinajstić information content (AvgIpc) is 2.11. The molecule has 0 fully saturated rings. The van der Waals surface area contributed by atoms with E-state index in [0.29, 0.717) is 12.3 Å². The van der Waals surface area contributed by atoms with Crippen LogP contribution >= 0.6 is 0 Å². The van der Waals surface area contributed by atoms with Crippen molar-refractivity contribution in [2.24, 2.45) is 5.92 Å². The first-order chi connectivity index (χ1) is 5.59. The van der Waals surface area contributed by atoms with E-state index >= 15 is 0 Å². The van der Waals surface area contributed by atoms with Crippen molar-refractivity contribution < 1.29 is 9.53 Å². The molecule has 0 aromatic heterocycles. The Kier molecular flexibility index (Phi) is 2.90. The zero-order chi connectivity index (χ0) is 9.14. The maximum atomic E-state index is 11.1. The summed E-state index contributed by atoms with van der Waals surface area (Å²) in [7, 11) is 0. The second-order valence-electron chi connectivity index (χ2n) is 3.74. The molecule has 0 N–H and O–H groups in total. The highest BCUT2D eigenvalue weighted by molar-refractivity contribution is 5.72. The van der Waals surface area contributed by atoms with Crippen LogP contribution in [-0.4, -0.2) is 12.1 Å². The normalized spacial score (nSPS) is 24.8. The van der Waals surface area contributed by atoms with Crippen LogP contribution in [0.1, 0.15) is 33.6 Å². The molecule has 68 valence electrons. The van der Waals surface area contributed by atoms with Gasteiger partial charge in [0, 0.05) is 6.42 Å². The van der Waals surface area contributed by atoms with Crippen LogP contribution < -0.4 is 0 Å². The number of rotatable bonds is 1. The fraction of sp³-hybridized carbons (Fsp3) is 0.700. The summed E-state index contributed by atoms with van der Waals surface area (Å²) in [6.07, 6.45) is 3.52. The maximum absolute atomic E-state index is 11.1. The second kappa shape index (κ2) is 3.74. The van der Waals surface area contributed by atoms with Gasteiger partial charge in [0.05, 0.1) is 6.42 Å². The molecule has 12 heavy (non-hydrogen) atoms. The molecular weight excluding hydrogens is 152 g/mol. The summed E-state index contributed by atoms with van der Waals surface area (Å²) in [6.45, 7) is 6.13. The zero-order valence-electron chi connectivity index (χ0n) is 7.96. The van der Waals surface area contributed by atoms with Crippen LogP contribution in [0.2, 0.25) is 0 Å². The third kappa shape index (κ3) is 2.36. The topological polar surface area (TPSA) is 26.3 Å². The van der Waals surface area contributed by atoms with E-state index in [-0.39, 0.29) is 12.1 Å². The molecule has 1 aliphatic rings. The molecule has 0 saturated carbocycles. The van der Waals surface area contributed by atoms with E-state index in [9.17, 15) is 4.79 Å². The summed E-state index contributed by atoms with van der Waals surface area (Å²) in [5.74, 6) is 0.330. The van der Waals surface area contributed by atoms with Gasteiger partial charge in [-0.1, -0.05) is 25.5 Å². The Morgan fingerprint density at radius 2 is 2.25 bits per heavy atom. The van der Waals surface area contributed by atoms with Crippen molar-refractivity contribution in [1.82, 2.24) is 0 Å². The summed E-state index contributed by atoms with van der Waals surface area (Å²) in [4.78, 5) is 11.1. The Balaban J connectivity index is 2.64. The molecule has 0 spiro atoms. The molecular formula is C10H16O2. The molecule has 0 bridgehead atoms. The molecule has 1 aliphatic heterocycles. The molecule has 0 aromatic rings. The first kappa shape index (κ1) is 9.30. The summed E-state index contributed by atoms with van der Waals surface area (Å²) in [5, 5.41) is 0. The minimum absolute atomic E-state index is 0.0787. The Hall–Kier alpha value is -0.790. The van der Waals surface area contributed by atoms with Gasteiger partial charge in [-0.2, -0.15) is 0 Å². The van der Waals surface area contributed by atoms with Gasteiger partial charge in [-0.05, 0) is 12.8 Å². The predicted octanol–water partition coefficient (Wildman–Crippen LogP) is 2.29. The second-order valence-corrected chi connectivity index (χ2v) is 3.74. The molecule has 2 nitrogen and oxygen atoms in total. The van der Waals surface area contributed by atoms with Gasteiger partial charge in [0.2, 0.25) is 0 Å². The SMILES string of the molecule is CC1=CCC(C(C)C)OC(=O)C1. The number of hydrogen-bond donors (Lipinski definition) is 0. The van der Waals surface area contributed by atoms with Gasteiger partial charge >= 0.3 is 5.97 Å². The minimum Gasteiger partial charge on any atom is -0.462 e. The van der Waals surface area contributed by atoms with Crippen LogP contribution in [0.3, 0.4) is 0 Å². The van der Waals surface area contributed by atoms with Crippen LogP contribution in [0, 0.1) is 5.92 Å². The van der Waals surface area contributed by atoms with E-state index in [0.717, 1.165) is 12.0 Å². The summed E-state index contributed by atoms with van der Waals surface area (Å²) < 4.78 is 5.25. The Labute approximate surface area is 73.6 Å². The smallest absolute Gasteiger partial charge is 0.310 e. The molecule has 0 aromatic carbocycles. The van der Waals surface area contributed by atoms with E-state index in [2.05, 4.69) is 19.9 Å². The van der Waals surface area contributed by atoms with Gasteiger partial charge in [-0.3, -0.25) is 4.79 Å². The highest BCUT2D eigenvalue weighted by atomic mass is 16.5. The van der Waals surface area contributed by atoms with Crippen LogP contribution in [0.25, 0.3) is 0 Å². The number of ether oxygens (including phenoxy) is 1. The fourth-order valence-corrected chi connectivity index (χ4v) is 1.28. The van der Waals surface area contributed by atoms with Crippen molar-refractivity contribution in [2.75, 3.05) is 0 Å². The van der Waals surface area contributed by atoms with Gasteiger partial charge in [-0.15, -0.1) is 0 Å². The maximum Gasteiger partial charge on any atom is 0.310 e. The number of esters is 1. The summed E-state index contributed by atoms with van der Waals surface area (Å²) in [6, 6.07) is 0. The van der Waals surface area contributed by atoms with Crippen LogP contribution in [-0.2, 0) is 9.53 Å². The van der Waals surface area contributed by atoms with Crippen molar-refractivity contribution in [3.05, 3.63) is 11.6 Å². The van der Waals surface area contributed by atoms with Crippen molar-refractivity contribution in [3.8, 4) is 0 Å². The lowest BCUT2D eigenvalue weighted by Crippen LogP contribution is -2.21. The first-order valence-corrected chi connectivity index (χ1v) is 4.44. The van der Waals surface area contributed by atoms with E-state index in [1.807, 2.05) is 6.92 Å². The molecule has 1 atom stereocenters. The number of carbonyl (C=O) groups is 1. The monoisotopic (exact) mass is 168 g/mol. The lowest BCUT2D eigenvalue weighted by atomic mass is 10.0. The van der Waals surface area contributed by atoms with Crippen LogP contribution in [0.15, 0.2) is 11.6 Å². The minimum atomic E-state index is -0.0834. The molecule has 1 unspecified atom stereocenters. The van der Waals surface area contributed by atoms with Gasteiger partial charge in [0.15, 0.2) is 0 Å². The molecule has 2 heteroatoms. The lowest BCUT2D eigenvalue weighted by Gasteiger charge is -2.17. The fourth-order valence-electron chi connectivity index (χ4n) is 1.28. The number of cyclic esters (lactones) is 1.